The second-order valence-electron chi connectivity index (χ2n) is 4.28. The molecule has 21 heavy (non-hydrogen) atoms. The number of nitrogens with one attached hydrogen (secondary N) is 1. The molecule has 0 radical (unpaired) electrons. The average molecular weight is 300 g/mol. The smallest absolute Gasteiger partial charge is 0.256 e. The van der Waals surface area contributed by atoms with Crippen LogP contribution in [0.2, 0.25) is 0 Å². The minimum absolute atomic E-state index is 0.147. The molecule has 0 aliphatic carbocycles. The maximum absolute atomic E-state index is 11.9. The molecular formula is C13H12N6OS. The zero-order valence-electron chi connectivity index (χ0n) is 11.2. The van der Waals surface area contributed by atoms with Crippen molar-refractivity contribution in [2.24, 2.45) is 0 Å². The van der Waals surface area contributed by atoms with Gasteiger partial charge in [0, 0.05) is 29.2 Å². The van der Waals surface area contributed by atoms with Crippen LogP contribution in [0.15, 0.2) is 41.7 Å². The molecule has 1 amide bonds. The molecular weight excluding hydrogens is 288 g/mol. The van der Waals surface area contributed by atoms with Gasteiger partial charge in [-0.2, -0.15) is 0 Å². The van der Waals surface area contributed by atoms with E-state index in [1.54, 1.807) is 23.0 Å². The molecule has 0 aliphatic rings. The van der Waals surface area contributed by atoms with Gasteiger partial charge in [-0.15, -0.1) is 22.0 Å². The van der Waals surface area contributed by atoms with Crippen molar-refractivity contribution in [2.75, 3.05) is 11.1 Å². The number of aromatic nitrogens is 5. The van der Waals surface area contributed by atoms with Crippen LogP contribution in [-0.4, -0.2) is 36.2 Å². The van der Waals surface area contributed by atoms with Gasteiger partial charge in [-0.05, 0) is 25.1 Å². The Morgan fingerprint density at radius 3 is 2.90 bits per heavy atom. The molecule has 3 rings (SSSR count). The molecule has 3 aromatic rings. The normalized spacial score (nSPS) is 10.7. The maximum Gasteiger partial charge on any atom is 0.256 e. The quantitative estimate of drug-likeness (QED) is 0.736. The first-order chi connectivity index (χ1) is 10.2. The zero-order valence-corrected chi connectivity index (χ0v) is 12.0. The highest BCUT2D eigenvalue weighted by Crippen LogP contribution is 2.16. The van der Waals surface area contributed by atoms with E-state index in [4.69, 9.17) is 0 Å². The van der Waals surface area contributed by atoms with Gasteiger partial charge in [0.25, 0.3) is 5.78 Å². The Morgan fingerprint density at radius 2 is 2.10 bits per heavy atom. The Labute approximate surface area is 124 Å². The van der Waals surface area contributed by atoms with Crippen molar-refractivity contribution in [3.63, 3.8) is 0 Å². The molecule has 0 spiro atoms. The molecule has 0 saturated carbocycles. The van der Waals surface area contributed by atoms with Crippen LogP contribution in [0.3, 0.4) is 0 Å². The summed E-state index contributed by atoms with van der Waals surface area (Å²) < 4.78 is 1.64. The van der Waals surface area contributed by atoms with Gasteiger partial charge in [-0.25, -0.2) is 4.98 Å². The van der Waals surface area contributed by atoms with E-state index in [9.17, 15) is 4.79 Å². The molecule has 0 atom stereocenters. The highest BCUT2D eigenvalue weighted by molar-refractivity contribution is 8.00. The summed E-state index contributed by atoms with van der Waals surface area (Å²) in [7, 11) is 0. The van der Waals surface area contributed by atoms with Crippen LogP contribution < -0.4 is 5.32 Å². The van der Waals surface area contributed by atoms with E-state index in [1.165, 1.54) is 11.8 Å². The maximum atomic E-state index is 11.9. The molecule has 7 nitrogen and oxygen atoms in total. The highest BCUT2D eigenvalue weighted by Gasteiger charge is 2.10. The molecule has 0 aromatic carbocycles. The Bertz CT molecular complexity index is 773. The first kappa shape index (κ1) is 13.5. The first-order valence-corrected chi connectivity index (χ1v) is 7.22. The summed E-state index contributed by atoms with van der Waals surface area (Å²) in [5, 5.41) is 10.6. The van der Waals surface area contributed by atoms with Crippen molar-refractivity contribution in [3.8, 4) is 0 Å². The third-order valence-electron chi connectivity index (χ3n) is 2.69. The van der Waals surface area contributed by atoms with Gasteiger partial charge in [0.15, 0.2) is 0 Å². The number of amides is 1. The van der Waals surface area contributed by atoms with Gasteiger partial charge in [0.2, 0.25) is 11.9 Å². The van der Waals surface area contributed by atoms with E-state index >= 15 is 0 Å². The number of thioether (sulfide) groups is 1. The van der Waals surface area contributed by atoms with E-state index in [0.29, 0.717) is 11.7 Å². The van der Waals surface area contributed by atoms with Gasteiger partial charge in [-0.1, -0.05) is 0 Å². The molecule has 0 aliphatic heterocycles. The first-order valence-electron chi connectivity index (χ1n) is 6.23. The molecule has 8 heteroatoms. The molecule has 106 valence electrons. The summed E-state index contributed by atoms with van der Waals surface area (Å²) in [5.74, 6) is 0.981. The second-order valence-corrected chi connectivity index (χ2v) is 5.33. The highest BCUT2D eigenvalue weighted by atomic mass is 32.2. The Kier molecular flexibility index (Phi) is 3.78. The van der Waals surface area contributed by atoms with E-state index in [0.717, 1.165) is 10.6 Å². The number of hydrogen-bond donors (Lipinski definition) is 1. The summed E-state index contributed by atoms with van der Waals surface area (Å²) in [4.78, 5) is 21.1. The molecule has 0 saturated heterocycles. The minimum atomic E-state index is -0.147. The number of anilines is 1. The van der Waals surface area contributed by atoms with Crippen LogP contribution in [0.5, 0.6) is 0 Å². The Morgan fingerprint density at radius 1 is 1.29 bits per heavy atom. The van der Waals surface area contributed by atoms with E-state index < -0.39 is 0 Å². The fourth-order valence-electron chi connectivity index (χ4n) is 1.70. The van der Waals surface area contributed by atoms with Crippen LogP contribution in [0.25, 0.3) is 5.78 Å². The van der Waals surface area contributed by atoms with Gasteiger partial charge < -0.3 is 0 Å². The summed E-state index contributed by atoms with van der Waals surface area (Å²) in [6.07, 6.45) is 5.17. The fraction of sp³-hybridized carbons (Fsp3) is 0.154. The molecule has 3 aromatic heterocycles. The van der Waals surface area contributed by atoms with Crippen molar-refractivity contribution >= 4 is 29.4 Å². The fourth-order valence-corrected chi connectivity index (χ4v) is 2.39. The van der Waals surface area contributed by atoms with Crippen LogP contribution in [0.4, 0.5) is 5.95 Å². The van der Waals surface area contributed by atoms with Crippen molar-refractivity contribution < 1.29 is 4.79 Å². The van der Waals surface area contributed by atoms with E-state index in [-0.39, 0.29) is 11.7 Å². The van der Waals surface area contributed by atoms with Crippen LogP contribution in [-0.2, 0) is 4.79 Å². The molecule has 1 N–H and O–H groups in total. The van der Waals surface area contributed by atoms with Crippen LogP contribution in [0.1, 0.15) is 5.69 Å². The monoisotopic (exact) mass is 300 g/mol. The number of rotatable bonds is 4. The molecule has 0 unspecified atom stereocenters. The second kappa shape index (κ2) is 5.88. The van der Waals surface area contributed by atoms with Gasteiger partial charge in [0.05, 0.1) is 5.75 Å². The molecule has 3 heterocycles. The number of aryl methyl sites for hydroxylation is 1. The number of nitrogens with zero attached hydrogens (tertiary/aromatic N) is 5. The van der Waals surface area contributed by atoms with Gasteiger partial charge in [-0.3, -0.25) is 19.5 Å². The predicted octanol–water partition coefficient (Wildman–Crippen LogP) is 1.56. The summed E-state index contributed by atoms with van der Waals surface area (Å²) in [6.45, 7) is 1.87. The Hall–Kier alpha value is -2.48. The number of hydrogen-bond acceptors (Lipinski definition) is 6. The van der Waals surface area contributed by atoms with Gasteiger partial charge in [0.1, 0.15) is 0 Å². The molecule has 0 bridgehead atoms. The predicted molar refractivity (Wildman–Crippen MR) is 79.1 cm³/mol. The van der Waals surface area contributed by atoms with Crippen molar-refractivity contribution in [1.29, 1.82) is 0 Å². The lowest BCUT2D eigenvalue weighted by atomic mass is 10.5. The van der Waals surface area contributed by atoms with Crippen LogP contribution >= 0.6 is 11.8 Å². The van der Waals surface area contributed by atoms with Crippen LogP contribution in [0, 0.1) is 6.92 Å². The molecule has 0 fully saturated rings. The largest absolute Gasteiger partial charge is 0.294 e. The van der Waals surface area contributed by atoms with E-state index in [2.05, 4.69) is 25.5 Å². The summed E-state index contributed by atoms with van der Waals surface area (Å²) in [6, 6.07) is 5.55. The standard InChI is InChI=1S/C13H12N6OS/c1-9-4-7-19-12(15-9)17-18-13(19)16-11(20)8-21-10-2-5-14-6-3-10/h2-7H,8H2,1H3,(H,16,18,20). The zero-order chi connectivity index (χ0) is 14.7. The topological polar surface area (TPSA) is 85.1 Å². The Balaban J connectivity index is 1.66. The summed E-state index contributed by atoms with van der Waals surface area (Å²) >= 11 is 1.43. The third-order valence-corrected chi connectivity index (χ3v) is 3.70. The third kappa shape index (κ3) is 3.16. The average Bonchev–Trinajstić information content (AvgIpc) is 2.88. The number of pyridine rings is 1. The van der Waals surface area contributed by atoms with Crippen molar-refractivity contribution in [2.45, 2.75) is 11.8 Å². The number of carbonyl (C=O) groups excluding carboxylic acids is 1. The van der Waals surface area contributed by atoms with Crippen molar-refractivity contribution in [1.82, 2.24) is 24.6 Å². The number of carbonyl (C=O) groups is 1. The SMILES string of the molecule is Cc1ccn2c(NC(=O)CSc3ccncc3)nnc2n1. The van der Waals surface area contributed by atoms with Gasteiger partial charge >= 0.3 is 0 Å². The number of fused-ring (bicyclic) bond motifs is 1. The summed E-state index contributed by atoms with van der Waals surface area (Å²) in [5.41, 5.74) is 0.848. The lowest BCUT2D eigenvalue weighted by Gasteiger charge is -2.03. The lowest BCUT2D eigenvalue weighted by Crippen LogP contribution is -2.16. The van der Waals surface area contributed by atoms with Crippen molar-refractivity contribution in [3.05, 3.63) is 42.5 Å². The minimum Gasteiger partial charge on any atom is -0.294 e. The lowest BCUT2D eigenvalue weighted by molar-refractivity contribution is -0.113. The van der Waals surface area contributed by atoms with E-state index in [1.807, 2.05) is 25.1 Å².